The van der Waals surface area contributed by atoms with Gasteiger partial charge in [-0.15, -0.1) is 0 Å². The van der Waals surface area contributed by atoms with Crippen LogP contribution in [0.1, 0.15) is 21.5 Å². The van der Waals surface area contributed by atoms with Gasteiger partial charge in [0.05, 0.1) is 11.1 Å². The molecule has 0 radical (unpaired) electrons. The normalized spacial score (nSPS) is 12.9. The van der Waals surface area contributed by atoms with Gasteiger partial charge in [-0.3, -0.25) is 0 Å². The molecule has 3 nitrogen and oxygen atoms in total. The van der Waals surface area contributed by atoms with Crippen molar-refractivity contribution in [1.29, 1.82) is 0 Å². The quantitative estimate of drug-likeness (QED) is 0.779. The third kappa shape index (κ3) is 2.30. The van der Waals surface area contributed by atoms with Crippen LogP contribution in [-0.2, 0) is 4.74 Å². The fraction of sp³-hybridized carbons (Fsp3) is 0.118. The number of carbonyl (C=O) groups is 1. The van der Waals surface area contributed by atoms with E-state index in [0.29, 0.717) is 17.9 Å². The van der Waals surface area contributed by atoms with E-state index >= 15 is 0 Å². The van der Waals surface area contributed by atoms with Crippen LogP contribution in [0.25, 0.3) is 5.76 Å². The number of hydrogen-bond acceptors (Lipinski definition) is 3. The lowest BCUT2D eigenvalue weighted by Gasteiger charge is -2.18. The van der Waals surface area contributed by atoms with Crippen molar-refractivity contribution in [3.63, 3.8) is 0 Å². The summed E-state index contributed by atoms with van der Waals surface area (Å²) in [5, 5.41) is 0. The minimum absolute atomic E-state index is 0.342. The third-order valence-corrected chi connectivity index (χ3v) is 3.23. The van der Waals surface area contributed by atoms with E-state index in [1.807, 2.05) is 49.4 Å². The Morgan fingerprint density at radius 1 is 1.10 bits per heavy atom. The highest BCUT2D eigenvalue weighted by molar-refractivity contribution is 5.94. The van der Waals surface area contributed by atoms with Crippen LogP contribution in [0.4, 0.5) is 0 Å². The molecule has 0 amide bonds. The van der Waals surface area contributed by atoms with E-state index in [-0.39, 0.29) is 5.97 Å². The van der Waals surface area contributed by atoms with Crippen LogP contribution in [-0.4, -0.2) is 12.6 Å². The Morgan fingerprint density at radius 3 is 2.70 bits per heavy atom. The van der Waals surface area contributed by atoms with Gasteiger partial charge in [0, 0.05) is 0 Å². The summed E-state index contributed by atoms with van der Waals surface area (Å²) in [6.45, 7) is 2.30. The molecule has 0 aliphatic carbocycles. The Labute approximate surface area is 117 Å². The highest BCUT2D eigenvalue weighted by atomic mass is 16.5. The fourth-order valence-electron chi connectivity index (χ4n) is 2.17. The molecule has 100 valence electrons. The second kappa shape index (κ2) is 5.21. The molecule has 0 unspecified atom stereocenters. The molecule has 1 aliphatic rings. The Balaban J connectivity index is 1.87. The first-order chi connectivity index (χ1) is 9.75. The molecule has 0 fully saturated rings. The molecule has 0 saturated heterocycles. The predicted molar refractivity (Wildman–Crippen MR) is 76.5 cm³/mol. The summed E-state index contributed by atoms with van der Waals surface area (Å²) in [5.74, 6) is 0.953. The molecular weight excluding hydrogens is 252 g/mol. The lowest BCUT2D eigenvalue weighted by atomic mass is 10.1. The molecule has 0 saturated carbocycles. The van der Waals surface area contributed by atoms with Gasteiger partial charge in [-0.05, 0) is 36.8 Å². The zero-order valence-electron chi connectivity index (χ0n) is 11.1. The molecule has 3 heteroatoms. The molecule has 1 heterocycles. The van der Waals surface area contributed by atoms with Gasteiger partial charge in [-0.1, -0.05) is 30.3 Å². The van der Waals surface area contributed by atoms with Gasteiger partial charge in [0.1, 0.15) is 18.1 Å². The summed E-state index contributed by atoms with van der Waals surface area (Å²) in [7, 11) is 0. The Kier molecular flexibility index (Phi) is 3.25. The molecule has 1 aliphatic heterocycles. The van der Waals surface area contributed by atoms with E-state index in [2.05, 4.69) is 0 Å². The first-order valence-electron chi connectivity index (χ1n) is 6.46. The van der Waals surface area contributed by atoms with E-state index in [1.54, 1.807) is 12.1 Å². The topological polar surface area (TPSA) is 35.5 Å². The van der Waals surface area contributed by atoms with E-state index in [1.165, 1.54) is 0 Å². The number of fused-ring (bicyclic) bond motifs is 1. The average Bonchev–Trinajstić information content (AvgIpc) is 2.48. The van der Waals surface area contributed by atoms with E-state index < -0.39 is 0 Å². The average molecular weight is 266 g/mol. The number of benzene rings is 2. The Morgan fingerprint density at radius 2 is 1.85 bits per heavy atom. The molecule has 0 bridgehead atoms. The van der Waals surface area contributed by atoms with Gasteiger partial charge in [0.25, 0.3) is 0 Å². The van der Waals surface area contributed by atoms with Gasteiger partial charge in [0.2, 0.25) is 0 Å². The first kappa shape index (κ1) is 12.5. The number of para-hydroxylation sites is 1. The van der Waals surface area contributed by atoms with Gasteiger partial charge >= 0.3 is 5.97 Å². The molecule has 0 atom stereocenters. The van der Waals surface area contributed by atoms with E-state index in [0.717, 1.165) is 16.9 Å². The molecule has 0 N–H and O–H groups in total. The number of hydrogen-bond donors (Lipinski definition) is 0. The number of esters is 1. The maximum Gasteiger partial charge on any atom is 0.343 e. The molecule has 2 aromatic rings. The predicted octanol–water partition coefficient (Wildman–Crippen LogP) is 3.59. The monoisotopic (exact) mass is 266 g/mol. The van der Waals surface area contributed by atoms with Crippen LogP contribution in [0.3, 0.4) is 0 Å². The SMILES string of the molecule is Cc1ccccc1C(=O)OC1=CCOc2ccccc21. The van der Waals surface area contributed by atoms with Crippen molar-refractivity contribution in [1.82, 2.24) is 0 Å². The molecule has 0 aromatic heterocycles. The molecule has 20 heavy (non-hydrogen) atoms. The minimum atomic E-state index is -0.342. The first-order valence-corrected chi connectivity index (χ1v) is 6.46. The molecular formula is C17H14O3. The van der Waals surface area contributed by atoms with Crippen LogP contribution < -0.4 is 4.74 Å². The van der Waals surface area contributed by atoms with Crippen molar-refractivity contribution in [3.05, 3.63) is 71.3 Å². The molecule has 0 spiro atoms. The van der Waals surface area contributed by atoms with Crippen molar-refractivity contribution in [2.75, 3.05) is 6.61 Å². The third-order valence-electron chi connectivity index (χ3n) is 3.23. The maximum absolute atomic E-state index is 12.2. The summed E-state index contributed by atoms with van der Waals surface area (Å²) in [4.78, 5) is 12.2. The number of carbonyl (C=O) groups excluding carboxylic acids is 1. The molecule has 2 aromatic carbocycles. The zero-order chi connectivity index (χ0) is 13.9. The van der Waals surface area contributed by atoms with Gasteiger partial charge in [-0.25, -0.2) is 4.79 Å². The lowest BCUT2D eigenvalue weighted by Crippen LogP contribution is -2.11. The second-order valence-electron chi connectivity index (χ2n) is 4.58. The minimum Gasteiger partial charge on any atom is -0.489 e. The van der Waals surface area contributed by atoms with Crippen molar-refractivity contribution < 1.29 is 14.3 Å². The van der Waals surface area contributed by atoms with Gasteiger partial charge in [0.15, 0.2) is 0 Å². The number of rotatable bonds is 2. The van der Waals surface area contributed by atoms with Crippen LogP contribution in [0.15, 0.2) is 54.6 Å². The second-order valence-corrected chi connectivity index (χ2v) is 4.58. The fourth-order valence-corrected chi connectivity index (χ4v) is 2.17. The summed E-state index contributed by atoms with van der Waals surface area (Å²) in [6, 6.07) is 14.9. The summed E-state index contributed by atoms with van der Waals surface area (Å²) >= 11 is 0. The van der Waals surface area contributed by atoms with Crippen molar-refractivity contribution in [3.8, 4) is 5.75 Å². The van der Waals surface area contributed by atoms with Gasteiger partial charge < -0.3 is 9.47 Å². The van der Waals surface area contributed by atoms with E-state index in [4.69, 9.17) is 9.47 Å². The number of aryl methyl sites for hydroxylation is 1. The van der Waals surface area contributed by atoms with Gasteiger partial charge in [-0.2, -0.15) is 0 Å². The van der Waals surface area contributed by atoms with Crippen LogP contribution in [0.2, 0.25) is 0 Å². The number of ether oxygens (including phenoxy) is 2. The van der Waals surface area contributed by atoms with Crippen LogP contribution in [0, 0.1) is 6.92 Å². The smallest absolute Gasteiger partial charge is 0.343 e. The van der Waals surface area contributed by atoms with Crippen LogP contribution in [0.5, 0.6) is 5.75 Å². The lowest BCUT2D eigenvalue weighted by molar-refractivity contribution is 0.0688. The van der Waals surface area contributed by atoms with Crippen molar-refractivity contribution in [2.45, 2.75) is 6.92 Å². The van der Waals surface area contributed by atoms with Crippen LogP contribution >= 0.6 is 0 Å². The zero-order valence-corrected chi connectivity index (χ0v) is 11.1. The summed E-state index contributed by atoms with van der Waals surface area (Å²) in [6.07, 6.45) is 1.78. The Bertz CT molecular complexity index is 686. The standard InChI is InChI=1S/C17H14O3/c1-12-6-2-3-7-13(12)17(18)20-16-10-11-19-15-9-5-4-8-14(15)16/h2-10H,11H2,1H3. The summed E-state index contributed by atoms with van der Waals surface area (Å²) in [5.41, 5.74) is 2.29. The highest BCUT2D eigenvalue weighted by Crippen LogP contribution is 2.30. The maximum atomic E-state index is 12.2. The highest BCUT2D eigenvalue weighted by Gasteiger charge is 2.19. The Hall–Kier alpha value is -2.55. The molecule has 3 rings (SSSR count). The van der Waals surface area contributed by atoms with Crippen molar-refractivity contribution in [2.24, 2.45) is 0 Å². The van der Waals surface area contributed by atoms with Crippen molar-refractivity contribution >= 4 is 11.7 Å². The summed E-state index contributed by atoms with van der Waals surface area (Å²) < 4.78 is 11.0. The van der Waals surface area contributed by atoms with E-state index in [9.17, 15) is 4.79 Å². The largest absolute Gasteiger partial charge is 0.489 e.